The van der Waals surface area contributed by atoms with Crippen LogP contribution in [0.3, 0.4) is 0 Å². The molecule has 8 heteroatoms. The molecule has 0 bridgehead atoms. The molecule has 3 aliphatic rings. The van der Waals surface area contributed by atoms with Crippen LogP contribution in [0, 0.1) is 24.6 Å². The fourth-order valence-electron chi connectivity index (χ4n) is 7.24. The summed E-state index contributed by atoms with van der Waals surface area (Å²) in [7, 11) is 0. The maximum atomic E-state index is 14.2. The fraction of sp³-hybridized carbons (Fsp3) is 0.583. The molecule has 1 aliphatic carbocycles. The van der Waals surface area contributed by atoms with Crippen molar-refractivity contribution in [1.82, 2.24) is 14.7 Å². The molecule has 44 heavy (non-hydrogen) atoms. The molecule has 2 fully saturated rings. The molecule has 7 nitrogen and oxygen atoms in total. The van der Waals surface area contributed by atoms with Gasteiger partial charge < -0.3 is 14.7 Å². The van der Waals surface area contributed by atoms with Crippen molar-refractivity contribution in [3.63, 3.8) is 0 Å². The average Bonchev–Trinajstić information content (AvgIpc) is 3.38. The van der Waals surface area contributed by atoms with E-state index in [0.717, 1.165) is 67.6 Å². The number of aryl methyl sites for hydroxylation is 1. The molecule has 2 heterocycles. The molecule has 1 saturated carbocycles. The summed E-state index contributed by atoms with van der Waals surface area (Å²) in [4.78, 5) is 49.4. The first-order valence-corrected chi connectivity index (χ1v) is 16.7. The van der Waals surface area contributed by atoms with Crippen molar-refractivity contribution in [2.75, 3.05) is 44.2 Å². The van der Waals surface area contributed by atoms with Gasteiger partial charge in [0.05, 0.1) is 11.6 Å². The Kier molecular flexibility index (Phi) is 10.7. The number of rotatable bonds is 6. The van der Waals surface area contributed by atoms with Crippen LogP contribution >= 0.6 is 0 Å². The molecular weight excluding hydrogens is 555 g/mol. The van der Waals surface area contributed by atoms with Gasteiger partial charge in [0.15, 0.2) is 0 Å². The van der Waals surface area contributed by atoms with Gasteiger partial charge in [0, 0.05) is 64.2 Å². The topological polar surface area (TPSA) is 64.2 Å². The van der Waals surface area contributed by atoms with Gasteiger partial charge in [0.2, 0.25) is 17.7 Å². The van der Waals surface area contributed by atoms with Gasteiger partial charge in [-0.3, -0.25) is 19.3 Å². The van der Waals surface area contributed by atoms with Crippen LogP contribution in [0.25, 0.3) is 0 Å². The largest absolute Gasteiger partial charge is 0.342 e. The zero-order chi connectivity index (χ0) is 31.2. The first kappa shape index (κ1) is 32.1. The Bertz CT molecular complexity index is 1310. The molecule has 3 amide bonds. The zero-order valence-electron chi connectivity index (χ0n) is 26.8. The van der Waals surface area contributed by atoms with E-state index in [1.807, 2.05) is 15.9 Å². The highest BCUT2D eigenvalue weighted by molar-refractivity contribution is 5.97. The Morgan fingerprint density at radius 1 is 0.886 bits per heavy atom. The summed E-state index contributed by atoms with van der Waals surface area (Å²) in [5, 5.41) is 0. The molecule has 238 valence electrons. The number of amides is 3. The molecule has 2 aromatic carbocycles. The normalized spacial score (nSPS) is 21.0. The standard InChI is InChI=1S/C36H49FN4O3/c1-26(2)38-18-8-19-41(36(44)29-10-5-4-6-11-29)34-27(3)9-7-12-30(34)24-40(22-21-38)35(43)31-23-33(42)39(25-31)20-17-28-13-15-32(37)16-14-28/h7,9,12-16,26,29,31H,4-6,8,10-11,17-25H2,1-3H3. The van der Waals surface area contributed by atoms with E-state index < -0.39 is 5.92 Å². The van der Waals surface area contributed by atoms with E-state index in [2.05, 4.69) is 37.8 Å². The Morgan fingerprint density at radius 3 is 2.36 bits per heavy atom. The lowest BCUT2D eigenvalue weighted by Crippen LogP contribution is -2.43. The number of nitrogens with zero attached hydrogens (tertiary/aromatic N) is 4. The number of benzene rings is 2. The first-order chi connectivity index (χ1) is 21.2. The second-order valence-electron chi connectivity index (χ2n) is 13.3. The average molecular weight is 605 g/mol. The van der Waals surface area contributed by atoms with Crippen molar-refractivity contribution in [3.05, 3.63) is 65.0 Å². The molecule has 0 spiro atoms. The summed E-state index contributed by atoms with van der Waals surface area (Å²) in [5.74, 6) is -0.392. The highest BCUT2D eigenvalue weighted by atomic mass is 19.1. The summed E-state index contributed by atoms with van der Waals surface area (Å²) in [5.41, 5.74) is 3.98. The Morgan fingerprint density at radius 2 is 1.64 bits per heavy atom. The number of hydrogen-bond donors (Lipinski definition) is 0. The molecule has 1 unspecified atom stereocenters. The summed E-state index contributed by atoms with van der Waals surface area (Å²) >= 11 is 0. The number of para-hydroxylation sites is 1. The van der Waals surface area contributed by atoms with Gasteiger partial charge in [0.1, 0.15) is 5.82 Å². The maximum Gasteiger partial charge on any atom is 0.230 e. The number of carbonyl (C=O) groups excluding carboxylic acids is 3. The Balaban J connectivity index is 1.38. The van der Waals surface area contributed by atoms with Crippen LogP contribution in [0.5, 0.6) is 0 Å². The molecule has 0 aromatic heterocycles. The first-order valence-electron chi connectivity index (χ1n) is 16.7. The lowest BCUT2D eigenvalue weighted by molar-refractivity contribution is -0.136. The van der Waals surface area contributed by atoms with Crippen molar-refractivity contribution < 1.29 is 18.8 Å². The summed E-state index contributed by atoms with van der Waals surface area (Å²) < 4.78 is 13.3. The quantitative estimate of drug-likeness (QED) is 0.432. The van der Waals surface area contributed by atoms with E-state index in [1.54, 1.807) is 17.0 Å². The molecule has 2 aromatic rings. The van der Waals surface area contributed by atoms with Crippen LogP contribution in [-0.2, 0) is 27.3 Å². The van der Waals surface area contributed by atoms with E-state index in [9.17, 15) is 18.8 Å². The van der Waals surface area contributed by atoms with Gasteiger partial charge in [-0.1, -0.05) is 49.6 Å². The van der Waals surface area contributed by atoms with E-state index >= 15 is 0 Å². The van der Waals surface area contributed by atoms with Crippen molar-refractivity contribution in [2.45, 2.75) is 84.7 Å². The number of hydrogen-bond acceptors (Lipinski definition) is 4. The van der Waals surface area contributed by atoms with Crippen molar-refractivity contribution in [2.24, 2.45) is 11.8 Å². The third-order valence-electron chi connectivity index (χ3n) is 9.85. The molecular formula is C36H49FN4O3. The summed E-state index contributed by atoms with van der Waals surface area (Å²) in [6.07, 6.45) is 7.02. The Labute approximate surface area is 262 Å². The monoisotopic (exact) mass is 604 g/mol. The van der Waals surface area contributed by atoms with Crippen LogP contribution in [0.15, 0.2) is 42.5 Å². The summed E-state index contributed by atoms with van der Waals surface area (Å²) in [6, 6.07) is 12.8. The minimum absolute atomic E-state index is 0.00296. The Hall–Kier alpha value is -3.26. The second-order valence-corrected chi connectivity index (χ2v) is 13.3. The predicted molar refractivity (Wildman–Crippen MR) is 172 cm³/mol. The highest BCUT2D eigenvalue weighted by Gasteiger charge is 2.37. The second kappa shape index (κ2) is 14.7. The number of fused-ring (bicyclic) bond motifs is 1. The van der Waals surface area contributed by atoms with Crippen LogP contribution in [0.2, 0.25) is 0 Å². The lowest BCUT2D eigenvalue weighted by Gasteiger charge is -2.33. The molecule has 0 radical (unpaired) electrons. The SMILES string of the molecule is Cc1cccc2c1N(C(=O)C1CCCCC1)CCCN(C(C)C)CCN(C(=O)C1CC(=O)N(CCc3ccc(F)cc3)C1)C2. The van der Waals surface area contributed by atoms with E-state index in [0.29, 0.717) is 45.2 Å². The summed E-state index contributed by atoms with van der Waals surface area (Å²) in [6.45, 7) is 10.6. The molecule has 1 atom stereocenters. The highest BCUT2D eigenvalue weighted by Crippen LogP contribution is 2.33. The molecule has 2 aliphatic heterocycles. The minimum atomic E-state index is -0.401. The van der Waals surface area contributed by atoms with Crippen LogP contribution in [0.1, 0.15) is 75.5 Å². The van der Waals surface area contributed by atoms with Gasteiger partial charge in [-0.15, -0.1) is 0 Å². The van der Waals surface area contributed by atoms with Crippen LogP contribution in [-0.4, -0.2) is 77.7 Å². The zero-order valence-corrected chi connectivity index (χ0v) is 26.8. The van der Waals surface area contributed by atoms with Gasteiger partial charge in [-0.05, 0) is 75.3 Å². The third-order valence-corrected chi connectivity index (χ3v) is 9.85. The van der Waals surface area contributed by atoms with Crippen molar-refractivity contribution in [3.8, 4) is 0 Å². The number of carbonyl (C=O) groups is 3. The molecule has 5 rings (SSSR count). The predicted octanol–water partition coefficient (Wildman–Crippen LogP) is 5.58. The van der Waals surface area contributed by atoms with E-state index in [-0.39, 0.29) is 35.9 Å². The smallest absolute Gasteiger partial charge is 0.230 e. The maximum absolute atomic E-state index is 14.2. The van der Waals surface area contributed by atoms with Gasteiger partial charge >= 0.3 is 0 Å². The lowest BCUT2D eigenvalue weighted by atomic mass is 9.87. The third kappa shape index (κ3) is 7.68. The van der Waals surface area contributed by atoms with Crippen molar-refractivity contribution in [1.29, 1.82) is 0 Å². The van der Waals surface area contributed by atoms with Gasteiger partial charge in [-0.25, -0.2) is 4.39 Å². The van der Waals surface area contributed by atoms with E-state index in [1.165, 1.54) is 18.6 Å². The van der Waals surface area contributed by atoms with Crippen LogP contribution < -0.4 is 4.90 Å². The van der Waals surface area contributed by atoms with Gasteiger partial charge in [-0.2, -0.15) is 0 Å². The van der Waals surface area contributed by atoms with Crippen molar-refractivity contribution >= 4 is 23.4 Å². The van der Waals surface area contributed by atoms with Gasteiger partial charge in [0.25, 0.3) is 0 Å². The number of anilines is 1. The minimum Gasteiger partial charge on any atom is -0.342 e. The van der Waals surface area contributed by atoms with Crippen LogP contribution in [0.4, 0.5) is 10.1 Å². The van der Waals surface area contributed by atoms with E-state index in [4.69, 9.17) is 0 Å². The number of likely N-dealkylation sites (tertiary alicyclic amines) is 1. The molecule has 1 saturated heterocycles. The number of halogens is 1. The fourth-order valence-corrected chi connectivity index (χ4v) is 7.24. The molecule has 0 N–H and O–H groups in total.